The Labute approximate surface area is 185 Å². The van der Waals surface area contributed by atoms with E-state index in [1.807, 2.05) is 5.38 Å². The number of carbonyl (C=O) groups is 2. The van der Waals surface area contributed by atoms with Gasteiger partial charge in [0.05, 0.1) is 9.77 Å². The minimum Gasteiger partial charge on any atom is -0.322 e. The van der Waals surface area contributed by atoms with Gasteiger partial charge in [0.25, 0.3) is 11.8 Å². The van der Waals surface area contributed by atoms with Crippen LogP contribution in [0.3, 0.4) is 0 Å². The van der Waals surface area contributed by atoms with E-state index >= 15 is 0 Å². The number of hydrogen-bond donors (Lipinski definition) is 2. The van der Waals surface area contributed by atoms with Gasteiger partial charge in [-0.25, -0.2) is 12.7 Å². The van der Waals surface area contributed by atoms with E-state index in [1.165, 1.54) is 31.5 Å². The minimum absolute atomic E-state index is 0.0969. The lowest BCUT2D eigenvalue weighted by molar-refractivity contribution is 0.102. The third kappa shape index (κ3) is 5.01. The summed E-state index contributed by atoms with van der Waals surface area (Å²) in [5.41, 5.74) is 2.54. The first-order valence-electron chi connectivity index (χ1n) is 9.39. The van der Waals surface area contributed by atoms with Crippen LogP contribution in [0, 0.1) is 13.8 Å². The topological polar surface area (TPSA) is 95.6 Å². The van der Waals surface area contributed by atoms with E-state index in [0.29, 0.717) is 27.4 Å². The highest BCUT2D eigenvalue weighted by atomic mass is 32.2. The molecule has 0 aliphatic heterocycles. The molecule has 0 aliphatic rings. The summed E-state index contributed by atoms with van der Waals surface area (Å²) >= 11 is 1.34. The molecule has 7 nitrogen and oxygen atoms in total. The molecule has 9 heteroatoms. The van der Waals surface area contributed by atoms with Crippen LogP contribution in [0.25, 0.3) is 0 Å². The largest absolute Gasteiger partial charge is 0.322 e. The van der Waals surface area contributed by atoms with Crippen LogP contribution < -0.4 is 10.6 Å². The van der Waals surface area contributed by atoms with Crippen molar-refractivity contribution in [3.05, 3.63) is 75.5 Å². The molecular formula is C22H23N3O4S2. The second kappa shape index (κ2) is 9.01. The smallest absolute Gasteiger partial charge is 0.265 e. The van der Waals surface area contributed by atoms with Crippen molar-refractivity contribution in [2.24, 2.45) is 0 Å². The maximum Gasteiger partial charge on any atom is 0.265 e. The van der Waals surface area contributed by atoms with Crippen LogP contribution >= 0.6 is 11.3 Å². The highest BCUT2D eigenvalue weighted by Gasteiger charge is 2.23. The van der Waals surface area contributed by atoms with Crippen molar-refractivity contribution in [3.63, 3.8) is 0 Å². The van der Waals surface area contributed by atoms with Gasteiger partial charge in [-0.3, -0.25) is 9.59 Å². The summed E-state index contributed by atoms with van der Waals surface area (Å²) in [6.45, 7) is 3.48. The van der Waals surface area contributed by atoms with Crippen molar-refractivity contribution in [1.29, 1.82) is 0 Å². The molecule has 1 heterocycles. The predicted octanol–water partition coefficient (Wildman–Crippen LogP) is 4.12. The molecule has 31 heavy (non-hydrogen) atoms. The van der Waals surface area contributed by atoms with Crippen LogP contribution in [0.15, 0.2) is 58.8 Å². The Morgan fingerprint density at radius 3 is 2.13 bits per heavy atom. The lowest BCUT2D eigenvalue weighted by Crippen LogP contribution is -2.24. The summed E-state index contributed by atoms with van der Waals surface area (Å²) in [5, 5.41) is 7.38. The molecule has 0 radical (unpaired) electrons. The van der Waals surface area contributed by atoms with Gasteiger partial charge in [-0.1, -0.05) is 12.1 Å². The van der Waals surface area contributed by atoms with Gasteiger partial charge in [-0.15, -0.1) is 11.3 Å². The molecule has 3 aromatic rings. The van der Waals surface area contributed by atoms with E-state index in [1.54, 1.807) is 56.3 Å². The first-order chi connectivity index (χ1) is 14.6. The number of sulfonamides is 1. The Balaban J connectivity index is 1.84. The van der Waals surface area contributed by atoms with Gasteiger partial charge in [0.15, 0.2) is 0 Å². The number of anilines is 2. The zero-order valence-electron chi connectivity index (χ0n) is 17.6. The molecule has 2 amide bonds. The molecule has 0 aliphatic carbocycles. The van der Waals surface area contributed by atoms with Crippen molar-refractivity contribution in [3.8, 4) is 0 Å². The quantitative estimate of drug-likeness (QED) is 0.582. The van der Waals surface area contributed by atoms with Crippen LogP contribution in [0.2, 0.25) is 0 Å². The lowest BCUT2D eigenvalue weighted by Gasteiger charge is -2.16. The highest BCUT2D eigenvalue weighted by Crippen LogP contribution is 2.24. The van der Waals surface area contributed by atoms with Crippen LogP contribution in [-0.2, 0) is 10.0 Å². The van der Waals surface area contributed by atoms with Gasteiger partial charge in [0.2, 0.25) is 10.0 Å². The van der Waals surface area contributed by atoms with Gasteiger partial charge in [-0.05, 0) is 66.8 Å². The van der Waals surface area contributed by atoms with Gasteiger partial charge in [0.1, 0.15) is 0 Å². The molecule has 0 fully saturated rings. The van der Waals surface area contributed by atoms with Crippen molar-refractivity contribution in [2.45, 2.75) is 18.7 Å². The second-order valence-corrected chi connectivity index (χ2v) is 10.2. The summed E-state index contributed by atoms with van der Waals surface area (Å²) in [6, 6.07) is 13.3. The zero-order chi connectivity index (χ0) is 22.8. The van der Waals surface area contributed by atoms with Crippen LogP contribution in [0.5, 0.6) is 0 Å². The molecule has 0 spiro atoms. The predicted molar refractivity (Wildman–Crippen MR) is 123 cm³/mol. The Hall–Kier alpha value is -3.01. The summed E-state index contributed by atoms with van der Waals surface area (Å²) in [4.78, 5) is 25.8. The summed E-state index contributed by atoms with van der Waals surface area (Å²) < 4.78 is 26.4. The monoisotopic (exact) mass is 457 g/mol. The number of nitrogens with zero attached hydrogens (tertiary/aromatic N) is 1. The first-order valence-corrected chi connectivity index (χ1v) is 11.7. The van der Waals surface area contributed by atoms with Crippen molar-refractivity contribution in [1.82, 2.24) is 4.31 Å². The molecule has 3 rings (SSSR count). The lowest BCUT2D eigenvalue weighted by atomic mass is 10.1. The van der Waals surface area contributed by atoms with Crippen molar-refractivity contribution in [2.75, 3.05) is 24.7 Å². The molecule has 0 saturated heterocycles. The Kier molecular flexibility index (Phi) is 6.59. The minimum atomic E-state index is -3.69. The van der Waals surface area contributed by atoms with E-state index in [0.717, 1.165) is 4.31 Å². The number of hydrogen-bond acceptors (Lipinski definition) is 5. The van der Waals surface area contributed by atoms with E-state index in [4.69, 9.17) is 0 Å². The van der Waals surface area contributed by atoms with Gasteiger partial charge in [0, 0.05) is 31.0 Å². The normalized spacial score (nSPS) is 11.4. The second-order valence-electron chi connectivity index (χ2n) is 7.17. The molecule has 0 unspecified atom stereocenters. The number of thiophene rings is 1. The third-order valence-corrected chi connectivity index (χ3v) is 7.57. The maximum absolute atomic E-state index is 12.8. The Morgan fingerprint density at radius 1 is 0.903 bits per heavy atom. The Bertz CT molecular complexity index is 1230. The number of amides is 2. The van der Waals surface area contributed by atoms with Crippen LogP contribution in [-0.4, -0.2) is 38.6 Å². The molecule has 0 saturated carbocycles. The number of nitrogens with one attached hydrogen (secondary N) is 2. The number of carbonyl (C=O) groups excluding carboxylic acids is 2. The number of rotatable bonds is 6. The average Bonchev–Trinajstić information content (AvgIpc) is 3.25. The maximum atomic E-state index is 12.8. The van der Waals surface area contributed by atoms with Crippen LogP contribution in [0.4, 0.5) is 11.4 Å². The zero-order valence-corrected chi connectivity index (χ0v) is 19.2. The molecule has 2 aromatic carbocycles. The summed E-state index contributed by atoms with van der Waals surface area (Å²) in [7, 11) is -0.791. The molecule has 0 bridgehead atoms. The highest BCUT2D eigenvalue weighted by molar-refractivity contribution is 7.89. The summed E-state index contributed by atoms with van der Waals surface area (Å²) in [5.74, 6) is -0.675. The molecule has 2 N–H and O–H groups in total. The van der Waals surface area contributed by atoms with E-state index in [9.17, 15) is 18.0 Å². The van der Waals surface area contributed by atoms with Crippen LogP contribution in [0.1, 0.15) is 31.2 Å². The van der Waals surface area contributed by atoms with Gasteiger partial charge >= 0.3 is 0 Å². The van der Waals surface area contributed by atoms with Crippen molar-refractivity contribution < 1.29 is 18.0 Å². The van der Waals surface area contributed by atoms with Crippen molar-refractivity contribution >= 4 is 44.5 Å². The van der Waals surface area contributed by atoms with E-state index in [2.05, 4.69) is 10.6 Å². The standard InChI is InChI=1S/C22H23N3O4S2/c1-14-11-16(12-20(15(14)2)31(28,29)25(3)4)21(26)23-17-7-5-8-18(13-17)24-22(27)19-9-6-10-30-19/h5-13H,1-4H3,(H,23,26)(H,24,27). The molecular weight excluding hydrogens is 434 g/mol. The fraction of sp³-hybridized carbons (Fsp3) is 0.182. The van der Waals surface area contributed by atoms with E-state index < -0.39 is 15.9 Å². The molecule has 1 aromatic heterocycles. The number of benzene rings is 2. The van der Waals surface area contributed by atoms with Gasteiger partial charge < -0.3 is 10.6 Å². The molecule has 0 atom stereocenters. The number of aryl methyl sites for hydroxylation is 1. The molecule has 162 valence electrons. The first kappa shape index (κ1) is 22.7. The van der Waals surface area contributed by atoms with E-state index in [-0.39, 0.29) is 16.4 Å². The fourth-order valence-electron chi connectivity index (χ4n) is 2.90. The summed E-state index contributed by atoms with van der Waals surface area (Å²) in [6.07, 6.45) is 0. The van der Waals surface area contributed by atoms with Gasteiger partial charge in [-0.2, -0.15) is 0 Å². The SMILES string of the molecule is Cc1cc(C(=O)Nc2cccc(NC(=O)c3cccs3)c2)cc(S(=O)(=O)N(C)C)c1C. The fourth-order valence-corrected chi connectivity index (χ4v) is 4.74. The average molecular weight is 458 g/mol. The Morgan fingerprint density at radius 2 is 1.55 bits per heavy atom. The third-order valence-electron chi connectivity index (χ3n) is 4.76.